The Hall–Kier alpha value is -2.73. The van der Waals surface area contributed by atoms with E-state index in [-0.39, 0.29) is 19.1 Å². The molecule has 0 spiro atoms. The molecule has 2 aromatic rings. The first-order chi connectivity index (χ1) is 11.4. The molecule has 0 unspecified atom stereocenters. The number of hydrogen-bond donors (Lipinski definition) is 2. The number of amides is 2. The van der Waals surface area contributed by atoms with E-state index in [4.69, 9.17) is 26.8 Å². The summed E-state index contributed by atoms with van der Waals surface area (Å²) in [4.78, 5) is 22.5. The highest BCUT2D eigenvalue weighted by molar-refractivity contribution is 6.31. The van der Waals surface area contributed by atoms with Gasteiger partial charge in [-0.3, -0.25) is 9.59 Å². The Bertz CT molecular complexity index is 732. The topological polar surface area (TPSA) is 90.7 Å². The van der Waals surface area contributed by atoms with Crippen molar-refractivity contribution in [2.45, 2.75) is 6.92 Å². The molecule has 0 saturated carbocycles. The molecule has 2 amide bonds. The quantitative estimate of drug-likeness (QED) is 0.804. The smallest absolute Gasteiger partial charge is 0.262 e. The number of anilines is 1. The molecule has 0 saturated heterocycles. The number of carbonyl (C=O) groups is 2. The standard InChI is InChI=1S/C17H17ClN2O4/c1-11-8-14(6-7-15(11)18)24-10-17(22)20-12-2-4-13(5-3-12)23-9-16(19)21/h2-8H,9-10H2,1H3,(H2,19,21)(H,20,22). The minimum Gasteiger partial charge on any atom is -0.484 e. The summed E-state index contributed by atoms with van der Waals surface area (Å²) in [6.07, 6.45) is 0. The molecule has 0 bridgehead atoms. The van der Waals surface area contributed by atoms with Crippen LogP contribution >= 0.6 is 11.6 Å². The molecule has 0 aliphatic rings. The predicted octanol–water partition coefficient (Wildman–Crippen LogP) is 2.53. The number of nitrogens with one attached hydrogen (secondary N) is 1. The molecule has 2 rings (SSSR count). The predicted molar refractivity (Wildman–Crippen MR) is 91.4 cm³/mol. The van der Waals surface area contributed by atoms with Gasteiger partial charge in [-0.2, -0.15) is 0 Å². The van der Waals surface area contributed by atoms with Gasteiger partial charge in [0.1, 0.15) is 11.5 Å². The van der Waals surface area contributed by atoms with E-state index in [1.807, 2.05) is 6.92 Å². The largest absolute Gasteiger partial charge is 0.484 e. The van der Waals surface area contributed by atoms with Gasteiger partial charge >= 0.3 is 0 Å². The molecule has 0 fully saturated rings. The van der Waals surface area contributed by atoms with E-state index >= 15 is 0 Å². The van der Waals surface area contributed by atoms with E-state index in [0.29, 0.717) is 22.2 Å². The third kappa shape index (κ3) is 5.48. The second-order valence-corrected chi connectivity index (χ2v) is 5.43. The van der Waals surface area contributed by atoms with E-state index in [2.05, 4.69) is 5.32 Å². The molecule has 0 atom stereocenters. The number of ether oxygens (including phenoxy) is 2. The van der Waals surface area contributed by atoms with Crippen molar-refractivity contribution < 1.29 is 19.1 Å². The van der Waals surface area contributed by atoms with Crippen LogP contribution in [0, 0.1) is 6.92 Å². The summed E-state index contributed by atoms with van der Waals surface area (Å²) >= 11 is 5.93. The van der Waals surface area contributed by atoms with Crippen molar-refractivity contribution in [2.24, 2.45) is 5.73 Å². The number of rotatable bonds is 7. The van der Waals surface area contributed by atoms with Crippen molar-refractivity contribution in [3.05, 3.63) is 53.1 Å². The molecule has 0 aliphatic carbocycles. The van der Waals surface area contributed by atoms with Crippen LogP contribution in [0.5, 0.6) is 11.5 Å². The number of carbonyl (C=O) groups excluding carboxylic acids is 2. The Morgan fingerprint density at radius 2 is 1.67 bits per heavy atom. The Kier molecular flexibility index (Phi) is 6.03. The minimum absolute atomic E-state index is 0.124. The molecule has 3 N–H and O–H groups in total. The highest BCUT2D eigenvalue weighted by Gasteiger charge is 2.05. The zero-order chi connectivity index (χ0) is 17.5. The summed E-state index contributed by atoms with van der Waals surface area (Å²) in [5.41, 5.74) is 6.45. The van der Waals surface area contributed by atoms with Gasteiger partial charge < -0.3 is 20.5 Å². The van der Waals surface area contributed by atoms with Crippen molar-refractivity contribution >= 4 is 29.1 Å². The number of nitrogens with two attached hydrogens (primary N) is 1. The molecule has 126 valence electrons. The first-order valence-corrected chi connectivity index (χ1v) is 7.52. The van der Waals surface area contributed by atoms with Gasteiger partial charge in [0.25, 0.3) is 11.8 Å². The zero-order valence-corrected chi connectivity index (χ0v) is 13.8. The molecule has 0 heterocycles. The van der Waals surface area contributed by atoms with Gasteiger partial charge in [-0.15, -0.1) is 0 Å². The van der Waals surface area contributed by atoms with Gasteiger partial charge in [-0.1, -0.05) is 11.6 Å². The maximum absolute atomic E-state index is 11.9. The Morgan fingerprint density at radius 1 is 1.04 bits per heavy atom. The molecular formula is C17H17ClN2O4. The van der Waals surface area contributed by atoms with E-state index in [1.54, 1.807) is 42.5 Å². The Morgan fingerprint density at radius 3 is 2.29 bits per heavy atom. The van der Waals surface area contributed by atoms with Crippen LogP contribution < -0.4 is 20.5 Å². The van der Waals surface area contributed by atoms with Crippen molar-refractivity contribution in [3.8, 4) is 11.5 Å². The van der Waals surface area contributed by atoms with Crippen LogP contribution in [0.15, 0.2) is 42.5 Å². The first-order valence-electron chi connectivity index (χ1n) is 7.14. The number of primary amides is 1. The maximum atomic E-state index is 11.9. The third-order valence-corrected chi connectivity index (χ3v) is 3.44. The van der Waals surface area contributed by atoms with Crippen LogP contribution in [-0.4, -0.2) is 25.0 Å². The molecule has 0 aliphatic heterocycles. The van der Waals surface area contributed by atoms with Crippen molar-refractivity contribution in [3.63, 3.8) is 0 Å². The average Bonchev–Trinajstić information content (AvgIpc) is 2.55. The molecule has 0 aromatic heterocycles. The lowest BCUT2D eigenvalue weighted by Gasteiger charge is -2.09. The van der Waals surface area contributed by atoms with Gasteiger partial charge in [0, 0.05) is 10.7 Å². The SMILES string of the molecule is Cc1cc(OCC(=O)Nc2ccc(OCC(N)=O)cc2)ccc1Cl. The summed E-state index contributed by atoms with van der Waals surface area (Å²) in [6, 6.07) is 11.7. The fraction of sp³-hybridized carbons (Fsp3) is 0.176. The maximum Gasteiger partial charge on any atom is 0.262 e. The van der Waals surface area contributed by atoms with E-state index in [1.165, 1.54) is 0 Å². The summed E-state index contributed by atoms with van der Waals surface area (Å²) in [6.45, 7) is 1.54. The van der Waals surface area contributed by atoms with Gasteiger partial charge in [0.05, 0.1) is 0 Å². The van der Waals surface area contributed by atoms with Crippen LogP contribution in [-0.2, 0) is 9.59 Å². The van der Waals surface area contributed by atoms with Crippen molar-refractivity contribution in [2.75, 3.05) is 18.5 Å². The fourth-order valence-electron chi connectivity index (χ4n) is 1.84. The van der Waals surface area contributed by atoms with Crippen molar-refractivity contribution in [1.82, 2.24) is 0 Å². The van der Waals surface area contributed by atoms with Crippen LogP contribution in [0.25, 0.3) is 0 Å². The van der Waals surface area contributed by atoms with E-state index in [9.17, 15) is 9.59 Å². The van der Waals surface area contributed by atoms with E-state index < -0.39 is 5.91 Å². The average molecular weight is 349 g/mol. The summed E-state index contributed by atoms with van der Waals surface area (Å²) < 4.78 is 10.5. The number of aryl methyl sites for hydroxylation is 1. The van der Waals surface area contributed by atoms with Crippen LogP contribution in [0.3, 0.4) is 0 Å². The summed E-state index contributed by atoms with van der Waals surface area (Å²) in [5.74, 6) is 0.206. The lowest BCUT2D eigenvalue weighted by Crippen LogP contribution is -2.20. The molecule has 2 aromatic carbocycles. The Labute approximate surface area is 144 Å². The third-order valence-electron chi connectivity index (χ3n) is 3.02. The van der Waals surface area contributed by atoms with Gasteiger partial charge in [-0.25, -0.2) is 0 Å². The van der Waals surface area contributed by atoms with E-state index in [0.717, 1.165) is 5.56 Å². The van der Waals surface area contributed by atoms with Crippen LogP contribution in [0.4, 0.5) is 5.69 Å². The van der Waals surface area contributed by atoms with Crippen molar-refractivity contribution in [1.29, 1.82) is 0 Å². The summed E-state index contributed by atoms with van der Waals surface area (Å²) in [5, 5.41) is 3.34. The lowest BCUT2D eigenvalue weighted by molar-refractivity contribution is -0.120. The van der Waals surface area contributed by atoms with Gasteiger partial charge in [-0.05, 0) is 55.0 Å². The zero-order valence-electron chi connectivity index (χ0n) is 13.0. The Balaban J connectivity index is 1.83. The number of hydrogen-bond acceptors (Lipinski definition) is 4. The van der Waals surface area contributed by atoms with Gasteiger partial charge in [0.2, 0.25) is 0 Å². The highest BCUT2D eigenvalue weighted by atomic mass is 35.5. The fourth-order valence-corrected chi connectivity index (χ4v) is 1.96. The number of halogens is 1. The molecule has 0 radical (unpaired) electrons. The molecular weight excluding hydrogens is 332 g/mol. The minimum atomic E-state index is -0.554. The second kappa shape index (κ2) is 8.21. The second-order valence-electron chi connectivity index (χ2n) is 5.03. The molecule has 6 nitrogen and oxygen atoms in total. The lowest BCUT2D eigenvalue weighted by atomic mass is 10.2. The highest BCUT2D eigenvalue weighted by Crippen LogP contribution is 2.21. The number of benzene rings is 2. The first kappa shape index (κ1) is 17.6. The normalized spacial score (nSPS) is 10.1. The van der Waals surface area contributed by atoms with Crippen LogP contribution in [0.1, 0.15) is 5.56 Å². The monoisotopic (exact) mass is 348 g/mol. The summed E-state index contributed by atoms with van der Waals surface area (Å²) in [7, 11) is 0. The van der Waals surface area contributed by atoms with Gasteiger partial charge in [0.15, 0.2) is 13.2 Å². The molecule has 7 heteroatoms. The molecule has 24 heavy (non-hydrogen) atoms. The van der Waals surface area contributed by atoms with Crippen LogP contribution in [0.2, 0.25) is 5.02 Å².